The van der Waals surface area contributed by atoms with E-state index in [4.69, 9.17) is 17.7 Å². The molecule has 2 aliphatic rings. The van der Waals surface area contributed by atoms with Crippen molar-refractivity contribution < 1.29 is 17.7 Å². The number of benzene rings is 20. The Kier molecular flexibility index (Phi) is 20.0. The topological polar surface area (TPSA) is 65.5 Å². The van der Waals surface area contributed by atoms with Gasteiger partial charge < -0.3 is 37.3 Å². The van der Waals surface area contributed by atoms with Gasteiger partial charge in [-0.05, 0) is 357 Å². The zero-order valence-corrected chi connectivity index (χ0v) is 82.2. The first kappa shape index (κ1) is 86.2. The Labute approximate surface area is 832 Å². The molecule has 4 heterocycles. The van der Waals surface area contributed by atoms with E-state index in [1.165, 1.54) is 61.2 Å². The van der Waals surface area contributed by atoms with Crippen molar-refractivity contribution in [3.63, 3.8) is 0 Å². The maximum atomic E-state index is 7.83. The molecule has 8 heteroatoms. The fourth-order valence-electron chi connectivity index (χ4n) is 24.3. The van der Waals surface area contributed by atoms with E-state index in [-0.39, 0.29) is 0 Å². The maximum absolute atomic E-state index is 7.83. The summed E-state index contributed by atoms with van der Waals surface area (Å²) in [5, 5.41) is 8.13. The van der Waals surface area contributed by atoms with Crippen LogP contribution in [0.3, 0.4) is 0 Å². The van der Waals surface area contributed by atoms with E-state index in [2.05, 4.69) is 503 Å². The Morgan fingerprint density at radius 3 is 0.846 bits per heavy atom. The predicted molar refractivity (Wildman–Crippen MR) is 595 cm³/mol. The van der Waals surface area contributed by atoms with Crippen molar-refractivity contribution in [3.8, 4) is 22.3 Å². The van der Waals surface area contributed by atoms with Crippen LogP contribution in [0.1, 0.15) is 122 Å². The summed E-state index contributed by atoms with van der Waals surface area (Å²) < 4.78 is 31.0. The highest BCUT2D eigenvalue weighted by molar-refractivity contribution is 6.29. The third-order valence-corrected chi connectivity index (χ3v) is 31.8. The molecule has 0 fully saturated rings. The normalized spacial score (nSPS) is 12.9. The van der Waals surface area contributed by atoms with Crippen LogP contribution in [0.2, 0.25) is 0 Å². The summed E-state index contributed by atoms with van der Waals surface area (Å²) >= 11 is 0. The molecular weight excluding hydrogens is 1740 g/mol. The Morgan fingerprint density at radius 1 is 0.203 bits per heavy atom. The minimum Gasteiger partial charge on any atom is -0.455 e. The van der Waals surface area contributed by atoms with E-state index in [1.807, 2.05) is 0 Å². The quantitative estimate of drug-likeness (QED) is 0.0842. The van der Waals surface area contributed by atoms with E-state index < -0.39 is 10.8 Å². The van der Waals surface area contributed by atoms with Gasteiger partial charge in [0, 0.05) is 100 Å². The van der Waals surface area contributed by atoms with Crippen LogP contribution < -0.4 is 19.6 Å². The molecule has 8 nitrogen and oxygen atoms in total. The Morgan fingerprint density at radius 2 is 0.476 bits per heavy atom. The first-order valence-corrected chi connectivity index (χ1v) is 49.9. The van der Waals surface area contributed by atoms with E-state index in [0.29, 0.717) is 6.42 Å². The highest BCUT2D eigenvalue weighted by Gasteiger charge is 2.53. The second-order valence-corrected chi connectivity index (χ2v) is 39.8. The fraction of sp³-hybridized carbons (Fsp3) is 0.111. The number of anilines is 12. The molecule has 20 aromatic carbocycles. The first-order valence-electron chi connectivity index (χ1n) is 49.9. The molecule has 0 unspecified atom stereocenters. The molecule has 0 atom stereocenters. The number of rotatable bonds is 18. The van der Waals surface area contributed by atoms with Gasteiger partial charge >= 0.3 is 0 Å². The summed E-state index contributed by atoms with van der Waals surface area (Å²) in [5.41, 5.74) is 46.4. The largest absolute Gasteiger partial charge is 0.455 e. The second kappa shape index (κ2) is 33.3. The average molecular weight is 1850 g/mol. The molecular formula is C135H104N4O4. The number of para-hydroxylation sites is 6. The number of nitrogens with zero attached hydrogens (tertiary/aromatic N) is 4. The van der Waals surface area contributed by atoms with Gasteiger partial charge in [-0.25, -0.2) is 0 Å². The number of hydrogen-bond donors (Lipinski definition) is 0. The zero-order chi connectivity index (χ0) is 96.7. The van der Waals surface area contributed by atoms with Crippen LogP contribution in [0.15, 0.2) is 418 Å². The van der Waals surface area contributed by atoms with Gasteiger partial charge in [0.15, 0.2) is 11.2 Å². The highest BCUT2D eigenvalue weighted by atomic mass is 16.3. The molecule has 4 aromatic heterocycles. The fourth-order valence-corrected chi connectivity index (χ4v) is 24.3. The molecule has 0 aliphatic heterocycles. The zero-order valence-electron chi connectivity index (χ0n) is 82.2. The van der Waals surface area contributed by atoms with Gasteiger partial charge in [-0.15, -0.1) is 0 Å². The standard InChI is InChI=1S/C135H104N4O4/c1-80-41-39-55-100(65-80)137(99-53-29-18-30-54-99)116-78-110-126(124-108-59-33-37-63-120(108)140-130(116)124)128-112(134(110,94-43-19-13-20-44-94)95-45-21-14-22-46-95)76-114(122-106-57-31-35-61-118(106)142-132(122)128)136(98-51-27-17-28-52-98)101-56-40-42-92(74-101)73-93-75-105(72-87(8)91(93)12)139(104-70-85(6)90(11)86(7)71-104)117-79-111-127(125-109-60-34-38-64-121(109)141-131(117)125)129-113(135(111,96-47-23-15-24-48-96)97-49-25-16-26-50-97)77-115(123-107-58-32-36-62-119(107)143-133(123)129)138(102-66-81(2)88(9)82(3)67-102)103-68-83(4)89(10)84(5)69-103/h13-72,74-79H,73H2,1-12H3. The smallest absolute Gasteiger partial charge is 0.160 e. The van der Waals surface area contributed by atoms with Gasteiger partial charge in [0.25, 0.3) is 0 Å². The van der Waals surface area contributed by atoms with Crippen molar-refractivity contribution in [2.75, 3.05) is 19.6 Å². The third-order valence-electron chi connectivity index (χ3n) is 31.8. The molecule has 0 radical (unpaired) electrons. The molecule has 688 valence electrons. The lowest BCUT2D eigenvalue weighted by atomic mass is 9.67. The summed E-state index contributed by atoms with van der Waals surface area (Å²) in [5.74, 6) is 0. The van der Waals surface area contributed by atoms with Gasteiger partial charge in [-0.3, -0.25) is 0 Å². The molecule has 24 aromatic rings. The Hall–Kier alpha value is -17.2. The van der Waals surface area contributed by atoms with Crippen LogP contribution in [0.4, 0.5) is 68.2 Å². The van der Waals surface area contributed by atoms with Crippen molar-refractivity contribution in [2.45, 2.75) is 100 Å². The number of furan rings is 4. The van der Waals surface area contributed by atoms with Crippen molar-refractivity contribution in [3.05, 3.63) is 523 Å². The summed E-state index contributed by atoms with van der Waals surface area (Å²) in [4.78, 5) is 9.97. The predicted octanol–water partition coefficient (Wildman–Crippen LogP) is 37.2. The second-order valence-electron chi connectivity index (χ2n) is 39.8. The molecule has 0 bridgehead atoms. The molecule has 0 spiro atoms. The summed E-state index contributed by atoms with van der Waals surface area (Å²) in [6.45, 7) is 27.1. The van der Waals surface area contributed by atoms with Crippen LogP contribution in [-0.4, -0.2) is 0 Å². The van der Waals surface area contributed by atoms with Crippen molar-refractivity contribution in [1.29, 1.82) is 0 Å². The van der Waals surface area contributed by atoms with Gasteiger partial charge in [-0.1, -0.05) is 255 Å². The minimum atomic E-state index is -1.01. The summed E-state index contributed by atoms with van der Waals surface area (Å²) in [6.07, 6.45) is 0.589. The van der Waals surface area contributed by atoms with Crippen LogP contribution in [0, 0.1) is 83.1 Å². The summed E-state index contributed by atoms with van der Waals surface area (Å²) in [7, 11) is 0. The number of aryl methyl sites for hydroxylation is 8. The Balaban J connectivity index is 0.702. The number of fused-ring (bicyclic) bond motifs is 22. The lowest BCUT2D eigenvalue weighted by Gasteiger charge is -2.36. The highest BCUT2D eigenvalue weighted by Crippen LogP contribution is 2.68. The van der Waals surface area contributed by atoms with Gasteiger partial charge in [0.2, 0.25) is 0 Å². The monoisotopic (exact) mass is 1840 g/mol. The minimum absolute atomic E-state index is 0.589. The average Bonchev–Trinajstić information content (AvgIpc) is 1.50. The van der Waals surface area contributed by atoms with E-state index in [0.717, 1.165) is 239 Å². The molecule has 26 rings (SSSR count). The van der Waals surface area contributed by atoms with Crippen molar-refractivity contribution in [1.82, 2.24) is 0 Å². The van der Waals surface area contributed by atoms with Crippen LogP contribution in [0.25, 0.3) is 110 Å². The van der Waals surface area contributed by atoms with Gasteiger partial charge in [-0.2, -0.15) is 0 Å². The first-order chi connectivity index (χ1) is 69.9. The molecule has 0 N–H and O–H groups in total. The molecule has 0 amide bonds. The molecule has 0 saturated carbocycles. The van der Waals surface area contributed by atoms with Crippen LogP contribution in [0.5, 0.6) is 0 Å². The molecule has 0 saturated heterocycles. The van der Waals surface area contributed by atoms with E-state index in [1.54, 1.807) is 0 Å². The Bertz CT molecular complexity index is 9140. The van der Waals surface area contributed by atoms with Crippen molar-refractivity contribution in [2.24, 2.45) is 0 Å². The molecule has 143 heavy (non-hydrogen) atoms. The molecule has 2 aliphatic carbocycles. The van der Waals surface area contributed by atoms with Gasteiger partial charge in [0.1, 0.15) is 33.5 Å². The van der Waals surface area contributed by atoms with E-state index in [9.17, 15) is 0 Å². The van der Waals surface area contributed by atoms with E-state index >= 15 is 0 Å². The number of hydrogen-bond acceptors (Lipinski definition) is 8. The van der Waals surface area contributed by atoms with Crippen LogP contribution in [-0.2, 0) is 17.3 Å². The SMILES string of the molecule is Cc1cccc(N(c2ccccc2)c2cc3c(c4c2oc2ccccc24)-c2c(cc(N(c4ccccc4)c4cccc(Cc5cc(N(c6cc(C)c(C)c(C)c6)c6cc7c(c8c6oc6ccccc68)-c6c(cc(N(c8cc(C)c(C)c(C)c8)c8cc(C)c(C)c(C)c8)c8c6oc6ccccc68)C7(c6ccccc6)c6ccccc6)cc(C)c5C)c4)c4c2oc2ccccc24)C3(c2ccccc2)c2ccccc2)c1. The lowest BCUT2D eigenvalue weighted by Crippen LogP contribution is -2.29. The lowest BCUT2D eigenvalue weighted by molar-refractivity contribution is 0.668. The summed E-state index contributed by atoms with van der Waals surface area (Å²) in [6, 6.07) is 149. The third kappa shape index (κ3) is 13.1. The maximum Gasteiger partial charge on any atom is 0.160 e. The van der Waals surface area contributed by atoms with Crippen LogP contribution >= 0.6 is 0 Å². The van der Waals surface area contributed by atoms with Gasteiger partial charge in [0.05, 0.1) is 44.4 Å². The van der Waals surface area contributed by atoms with Crippen molar-refractivity contribution >= 4 is 156 Å².